The zero-order chi connectivity index (χ0) is 19.6. The largest absolute Gasteiger partial charge is 0.394 e. The summed E-state index contributed by atoms with van der Waals surface area (Å²) in [7, 11) is 0. The van der Waals surface area contributed by atoms with E-state index in [1.807, 2.05) is 30.3 Å². The summed E-state index contributed by atoms with van der Waals surface area (Å²) in [6.45, 7) is -0.619. The third-order valence-electron chi connectivity index (χ3n) is 4.27. The van der Waals surface area contributed by atoms with Crippen LogP contribution < -0.4 is 0 Å². The predicted molar refractivity (Wildman–Crippen MR) is 100 cm³/mol. The SMILES string of the molecule is OCc1cccccccccc(C2OC(CO)C(O)C(O)C2O)ccc1. The first kappa shape index (κ1) is 21.2. The Balaban J connectivity index is 2.50. The molecular formula is C21H26O6. The van der Waals surface area contributed by atoms with Gasteiger partial charge in [0, 0.05) is 0 Å². The molecule has 5 unspecified atom stereocenters. The van der Waals surface area contributed by atoms with Gasteiger partial charge in [-0.1, -0.05) is 72.8 Å². The Morgan fingerprint density at radius 3 is 1.85 bits per heavy atom. The maximum atomic E-state index is 10.3. The number of aliphatic hydroxyl groups is 5. The second kappa shape index (κ2) is 10.9. The van der Waals surface area contributed by atoms with Crippen LogP contribution in [0, 0.1) is 0 Å². The fourth-order valence-corrected chi connectivity index (χ4v) is 2.73. The molecule has 0 amide bonds. The van der Waals surface area contributed by atoms with Crippen molar-refractivity contribution in [1.29, 1.82) is 0 Å². The number of aliphatic hydroxyl groups excluding tert-OH is 5. The zero-order valence-corrected chi connectivity index (χ0v) is 14.9. The Hall–Kier alpha value is -2.06. The average Bonchev–Trinajstić information content (AvgIpc) is 2.68. The second-order valence-electron chi connectivity index (χ2n) is 6.19. The Morgan fingerprint density at radius 2 is 1.22 bits per heavy atom. The van der Waals surface area contributed by atoms with Gasteiger partial charge in [-0.15, -0.1) is 0 Å². The maximum absolute atomic E-state index is 10.3. The molecule has 0 saturated carbocycles. The first-order valence-electron chi connectivity index (χ1n) is 8.75. The topological polar surface area (TPSA) is 110 Å². The lowest BCUT2D eigenvalue weighted by atomic mass is 9.92. The van der Waals surface area contributed by atoms with Crippen LogP contribution in [-0.4, -0.2) is 56.6 Å². The molecule has 27 heavy (non-hydrogen) atoms. The van der Waals surface area contributed by atoms with E-state index < -0.39 is 37.1 Å². The first-order chi connectivity index (χ1) is 13.1. The summed E-state index contributed by atoms with van der Waals surface area (Å²) in [6.07, 6.45) is -6.11. The van der Waals surface area contributed by atoms with Crippen LogP contribution >= 0.6 is 0 Å². The van der Waals surface area contributed by atoms with E-state index in [4.69, 9.17) is 4.74 Å². The van der Waals surface area contributed by atoms with Crippen LogP contribution in [0.15, 0.2) is 72.8 Å². The van der Waals surface area contributed by atoms with Gasteiger partial charge in [0.2, 0.25) is 0 Å². The van der Waals surface area contributed by atoms with Crippen LogP contribution in [0.5, 0.6) is 0 Å². The van der Waals surface area contributed by atoms with Gasteiger partial charge in [0.05, 0.1) is 13.2 Å². The van der Waals surface area contributed by atoms with E-state index in [-0.39, 0.29) is 6.61 Å². The molecule has 0 bridgehead atoms. The summed E-state index contributed by atoms with van der Waals surface area (Å²) < 4.78 is 5.62. The average molecular weight is 374 g/mol. The molecule has 1 saturated heterocycles. The minimum absolute atomic E-state index is 0.135. The second-order valence-corrected chi connectivity index (χ2v) is 6.19. The van der Waals surface area contributed by atoms with Gasteiger partial charge in [-0.3, -0.25) is 0 Å². The van der Waals surface area contributed by atoms with Crippen molar-refractivity contribution in [2.45, 2.75) is 37.1 Å². The number of ether oxygens (including phenoxy) is 1. The van der Waals surface area contributed by atoms with Crippen LogP contribution in [0.1, 0.15) is 17.2 Å². The van der Waals surface area contributed by atoms with Crippen molar-refractivity contribution in [3.63, 3.8) is 0 Å². The minimum atomic E-state index is -1.44. The van der Waals surface area contributed by atoms with Crippen molar-refractivity contribution >= 4 is 0 Å². The summed E-state index contributed by atoms with van der Waals surface area (Å²) in [5, 5.41) is 49.1. The van der Waals surface area contributed by atoms with E-state index in [1.165, 1.54) is 0 Å². The Morgan fingerprint density at radius 1 is 0.667 bits per heavy atom. The molecule has 1 aromatic rings. The van der Waals surface area contributed by atoms with Gasteiger partial charge in [0.25, 0.3) is 0 Å². The molecule has 146 valence electrons. The van der Waals surface area contributed by atoms with Crippen LogP contribution in [0.3, 0.4) is 0 Å². The molecule has 5 atom stereocenters. The van der Waals surface area contributed by atoms with E-state index in [0.717, 1.165) is 0 Å². The van der Waals surface area contributed by atoms with Gasteiger partial charge in [-0.25, -0.2) is 0 Å². The third kappa shape index (κ3) is 5.97. The monoisotopic (exact) mass is 374 g/mol. The summed E-state index contributed by atoms with van der Waals surface area (Å²) in [6, 6.07) is 21.3. The highest BCUT2D eigenvalue weighted by molar-refractivity contribution is 5.19. The van der Waals surface area contributed by atoms with Gasteiger partial charge in [0.15, 0.2) is 0 Å². The Labute approximate surface area is 158 Å². The van der Waals surface area contributed by atoms with Crippen LogP contribution in [0.4, 0.5) is 0 Å². The molecule has 0 aromatic heterocycles. The molecule has 6 heteroatoms. The normalized spacial score (nSPS) is 27.2. The highest BCUT2D eigenvalue weighted by atomic mass is 16.5. The molecule has 1 aromatic carbocycles. The van der Waals surface area contributed by atoms with Crippen molar-refractivity contribution in [2.24, 2.45) is 0 Å². The molecule has 1 aliphatic heterocycles. The van der Waals surface area contributed by atoms with E-state index in [2.05, 4.69) is 0 Å². The maximum Gasteiger partial charge on any atom is 0.113 e. The number of hydrogen-bond acceptors (Lipinski definition) is 6. The molecule has 5 N–H and O–H groups in total. The summed E-state index contributed by atoms with van der Waals surface area (Å²) in [4.78, 5) is 0. The van der Waals surface area contributed by atoms with E-state index in [0.29, 0.717) is 11.1 Å². The quantitative estimate of drug-likeness (QED) is 0.539. The van der Waals surface area contributed by atoms with Gasteiger partial charge < -0.3 is 30.3 Å². The molecule has 1 fully saturated rings. The lowest BCUT2D eigenvalue weighted by molar-refractivity contribution is -0.231. The Kier molecular flexibility index (Phi) is 8.60. The van der Waals surface area contributed by atoms with E-state index in [1.54, 1.807) is 42.5 Å². The van der Waals surface area contributed by atoms with Gasteiger partial charge in [0.1, 0.15) is 30.5 Å². The Bertz CT molecular complexity index is 706. The van der Waals surface area contributed by atoms with Crippen molar-refractivity contribution in [1.82, 2.24) is 0 Å². The summed E-state index contributed by atoms with van der Waals surface area (Å²) in [5.41, 5.74) is 1.22. The highest BCUT2D eigenvalue weighted by Gasteiger charge is 2.43. The van der Waals surface area contributed by atoms with Crippen molar-refractivity contribution < 1.29 is 30.3 Å². The standard InChI is InChI=1S/C21H26O6/c22-13-15-9-6-4-2-1-3-5-7-11-16(12-8-10-15)21-20(26)19(25)18(24)17(14-23)27-21/h1-12,17-26H,13-14H2. The zero-order valence-electron chi connectivity index (χ0n) is 14.9. The lowest BCUT2D eigenvalue weighted by Crippen LogP contribution is -2.55. The fourth-order valence-electron chi connectivity index (χ4n) is 2.73. The third-order valence-corrected chi connectivity index (χ3v) is 4.27. The smallest absolute Gasteiger partial charge is 0.113 e. The van der Waals surface area contributed by atoms with Crippen molar-refractivity contribution in [3.05, 3.63) is 83.9 Å². The fraction of sp³-hybridized carbons (Fsp3) is 0.333. The first-order valence-corrected chi connectivity index (χ1v) is 8.75. The number of hydrogen-bond donors (Lipinski definition) is 5. The lowest BCUT2D eigenvalue weighted by Gasteiger charge is -2.40. The van der Waals surface area contributed by atoms with Gasteiger partial charge in [-0.05, 0) is 11.1 Å². The van der Waals surface area contributed by atoms with E-state index in [9.17, 15) is 25.5 Å². The highest BCUT2D eigenvalue weighted by Crippen LogP contribution is 2.31. The van der Waals surface area contributed by atoms with E-state index >= 15 is 0 Å². The molecular weight excluding hydrogens is 348 g/mol. The van der Waals surface area contributed by atoms with Gasteiger partial charge >= 0.3 is 0 Å². The minimum Gasteiger partial charge on any atom is -0.394 e. The predicted octanol–water partition coefficient (Wildman–Crippen LogP) is 0.943. The summed E-state index contributed by atoms with van der Waals surface area (Å²) >= 11 is 0. The van der Waals surface area contributed by atoms with Crippen LogP contribution in [0.2, 0.25) is 0 Å². The van der Waals surface area contributed by atoms with Crippen molar-refractivity contribution in [3.8, 4) is 0 Å². The molecule has 2 rings (SSSR count). The molecule has 0 aliphatic carbocycles. The summed E-state index contributed by atoms with van der Waals surface area (Å²) in [5.74, 6) is 0. The van der Waals surface area contributed by atoms with Crippen molar-refractivity contribution in [2.75, 3.05) is 6.61 Å². The molecule has 1 heterocycles. The van der Waals surface area contributed by atoms with Gasteiger partial charge in [-0.2, -0.15) is 0 Å². The number of rotatable bonds is 3. The molecule has 6 nitrogen and oxygen atoms in total. The van der Waals surface area contributed by atoms with Crippen LogP contribution in [-0.2, 0) is 11.3 Å². The van der Waals surface area contributed by atoms with Crippen LogP contribution in [0.25, 0.3) is 0 Å². The molecule has 0 radical (unpaired) electrons. The molecule has 0 spiro atoms. The molecule has 1 aliphatic rings.